The minimum Gasteiger partial charge on any atom is -0.457 e. The van der Waals surface area contributed by atoms with Crippen LogP contribution in [0.1, 0.15) is 110 Å². The molecule has 0 N–H and O–H groups in total. The standard InChI is InChI=1S/C64H64N4O/c1-61(2,3)44-19-15-18-42(36-44)49-23-17-24-50(43-28-31-53-54(37-43)64(9,10)34-33-63(53,7)8)60(49)67-41-66(56-26-13-14-27-57(56)67)46-20-16-21-47(39-46)69-48-29-30-52-51-22-11-12-25-55(51)68(58(52)40-48)59-38-45(32-35-65-59)62(4,5)6/h11-32,35-40H,33-34,41H2,1-10H3/i11D,12D,22D,25D. The molecule has 0 amide bonds. The Labute approximate surface area is 414 Å². The number of anilines is 4. The molecule has 346 valence electrons. The van der Waals surface area contributed by atoms with E-state index in [1.54, 1.807) is 6.20 Å². The molecule has 0 spiro atoms. The van der Waals surface area contributed by atoms with E-state index in [4.69, 9.17) is 15.2 Å². The lowest BCUT2D eigenvalue weighted by molar-refractivity contribution is 0.332. The Morgan fingerprint density at radius 1 is 0.551 bits per heavy atom. The number of fused-ring (bicyclic) bond motifs is 5. The van der Waals surface area contributed by atoms with Crippen molar-refractivity contribution in [3.05, 3.63) is 192 Å². The van der Waals surface area contributed by atoms with Gasteiger partial charge in [0.1, 0.15) is 24.0 Å². The summed E-state index contributed by atoms with van der Waals surface area (Å²) in [5.74, 6) is 1.78. The van der Waals surface area contributed by atoms with Gasteiger partial charge in [-0.25, -0.2) is 4.98 Å². The molecule has 0 saturated heterocycles. The van der Waals surface area contributed by atoms with Crippen LogP contribution in [-0.2, 0) is 21.7 Å². The van der Waals surface area contributed by atoms with Crippen molar-refractivity contribution in [2.45, 2.75) is 104 Å². The third kappa shape index (κ3) is 7.86. The maximum Gasteiger partial charge on any atom is 0.137 e. The van der Waals surface area contributed by atoms with Gasteiger partial charge in [-0.05, 0) is 122 Å². The minimum atomic E-state index is -0.287. The van der Waals surface area contributed by atoms with Crippen LogP contribution in [-0.4, -0.2) is 16.2 Å². The maximum absolute atomic E-state index is 9.11. The van der Waals surface area contributed by atoms with E-state index in [2.05, 4.69) is 176 Å². The van der Waals surface area contributed by atoms with E-state index in [1.165, 1.54) is 38.9 Å². The third-order valence-electron chi connectivity index (χ3n) is 14.8. The SMILES string of the molecule is [2H]c1c([2H])c([2H])c2c(c1[2H])c1ccc(Oc3cccc(N4CN(c5c(-c6cccc(C(C)(C)C)c6)cccc5-c5ccc6c(c5)C(C)(C)CCC6(C)C)c5ccccc54)c3)cc1n2-c1cc(C(C)(C)C)ccn1. The molecule has 7 aromatic carbocycles. The van der Waals surface area contributed by atoms with E-state index in [0.29, 0.717) is 45.8 Å². The van der Waals surface area contributed by atoms with Crippen molar-refractivity contribution in [1.29, 1.82) is 0 Å². The molecule has 2 aromatic heterocycles. The fraction of sp³-hybridized carbons (Fsp3) is 0.266. The number of para-hydroxylation sites is 4. The van der Waals surface area contributed by atoms with Gasteiger partial charge in [-0.3, -0.25) is 4.57 Å². The number of pyridine rings is 1. The van der Waals surface area contributed by atoms with E-state index in [0.717, 1.165) is 41.2 Å². The second kappa shape index (κ2) is 16.3. The van der Waals surface area contributed by atoms with Gasteiger partial charge < -0.3 is 14.5 Å². The molecule has 1 aliphatic carbocycles. The van der Waals surface area contributed by atoms with Gasteiger partial charge in [0.15, 0.2) is 0 Å². The number of rotatable bonds is 7. The molecule has 5 heteroatoms. The molecular formula is C64H64N4O. The Morgan fingerprint density at radius 2 is 1.20 bits per heavy atom. The lowest BCUT2D eigenvalue weighted by Crippen LogP contribution is -2.33. The highest BCUT2D eigenvalue weighted by Crippen LogP contribution is 2.53. The summed E-state index contributed by atoms with van der Waals surface area (Å²) < 4.78 is 44.0. The fourth-order valence-corrected chi connectivity index (χ4v) is 10.7. The van der Waals surface area contributed by atoms with Crippen LogP contribution < -0.4 is 14.5 Å². The topological polar surface area (TPSA) is 33.5 Å². The first-order valence-electron chi connectivity index (χ1n) is 26.4. The third-order valence-corrected chi connectivity index (χ3v) is 14.8. The highest BCUT2D eigenvalue weighted by molar-refractivity contribution is 6.09. The largest absolute Gasteiger partial charge is 0.457 e. The number of hydrogen-bond donors (Lipinski definition) is 0. The van der Waals surface area contributed by atoms with Gasteiger partial charge >= 0.3 is 0 Å². The molecule has 2 aliphatic rings. The Bertz CT molecular complexity index is 3690. The summed E-state index contributed by atoms with van der Waals surface area (Å²) in [6.07, 6.45) is 4.07. The van der Waals surface area contributed by atoms with Crippen LogP contribution in [0.15, 0.2) is 170 Å². The van der Waals surface area contributed by atoms with Crippen LogP contribution in [0, 0.1) is 0 Å². The monoisotopic (exact) mass is 909 g/mol. The molecule has 0 unspecified atom stereocenters. The summed E-state index contributed by atoms with van der Waals surface area (Å²) in [7, 11) is 0. The van der Waals surface area contributed by atoms with Crippen molar-refractivity contribution in [1.82, 2.24) is 9.55 Å². The van der Waals surface area contributed by atoms with Crippen molar-refractivity contribution in [2.24, 2.45) is 0 Å². The lowest BCUT2D eigenvalue weighted by atomic mass is 9.63. The van der Waals surface area contributed by atoms with Gasteiger partial charge in [-0.2, -0.15) is 0 Å². The molecule has 3 heterocycles. The number of aromatic nitrogens is 2. The molecule has 0 saturated carbocycles. The Kier molecular flexibility index (Phi) is 9.39. The van der Waals surface area contributed by atoms with Gasteiger partial charge in [0.25, 0.3) is 0 Å². The normalized spacial score (nSPS) is 16.2. The van der Waals surface area contributed by atoms with E-state index in [9.17, 15) is 0 Å². The second-order valence-electron chi connectivity index (χ2n) is 22.5. The fourth-order valence-electron chi connectivity index (χ4n) is 10.7. The second-order valence-corrected chi connectivity index (χ2v) is 22.5. The smallest absolute Gasteiger partial charge is 0.137 e. The van der Waals surface area contributed by atoms with Crippen molar-refractivity contribution in [2.75, 3.05) is 16.5 Å². The summed E-state index contributed by atoms with van der Waals surface area (Å²) in [6, 6.07) is 48.9. The molecule has 0 bridgehead atoms. The predicted octanol–water partition coefficient (Wildman–Crippen LogP) is 17.5. The number of benzene rings is 7. The van der Waals surface area contributed by atoms with Crippen LogP contribution in [0.2, 0.25) is 0 Å². The number of hydrogen-bond acceptors (Lipinski definition) is 4. The number of ether oxygens (including phenoxy) is 1. The van der Waals surface area contributed by atoms with Crippen LogP contribution in [0.4, 0.5) is 22.7 Å². The first-order chi connectivity index (χ1) is 34.6. The van der Waals surface area contributed by atoms with Gasteiger partial charge in [0.05, 0.1) is 33.6 Å². The summed E-state index contributed by atoms with van der Waals surface area (Å²) >= 11 is 0. The maximum atomic E-state index is 9.11. The minimum absolute atomic E-state index is 0.0241. The summed E-state index contributed by atoms with van der Waals surface area (Å²) in [5.41, 5.74) is 15.3. The summed E-state index contributed by atoms with van der Waals surface area (Å²) in [6.45, 7) is 23.4. The van der Waals surface area contributed by atoms with Gasteiger partial charge in [-0.15, -0.1) is 0 Å². The Morgan fingerprint density at radius 3 is 1.96 bits per heavy atom. The Balaban J connectivity index is 1.02. The molecule has 0 fully saturated rings. The van der Waals surface area contributed by atoms with Crippen molar-refractivity contribution in [3.63, 3.8) is 0 Å². The molecule has 5 nitrogen and oxygen atoms in total. The van der Waals surface area contributed by atoms with Crippen molar-refractivity contribution in [3.8, 4) is 39.6 Å². The summed E-state index contributed by atoms with van der Waals surface area (Å²) in [5, 5.41) is 1.13. The molecule has 1 aliphatic heterocycles. The highest BCUT2D eigenvalue weighted by atomic mass is 16.5. The average Bonchev–Trinajstić information content (AvgIpc) is 3.93. The Hall–Kier alpha value is -7.11. The predicted molar refractivity (Wildman–Crippen MR) is 291 cm³/mol. The van der Waals surface area contributed by atoms with E-state index >= 15 is 0 Å². The first-order valence-corrected chi connectivity index (χ1v) is 24.4. The van der Waals surface area contributed by atoms with E-state index in [1.807, 2.05) is 47.0 Å². The zero-order valence-electron chi connectivity index (χ0n) is 45.7. The first kappa shape index (κ1) is 39.8. The van der Waals surface area contributed by atoms with Crippen LogP contribution >= 0.6 is 0 Å². The molecule has 0 atom stereocenters. The zero-order chi connectivity index (χ0) is 51.5. The lowest BCUT2D eigenvalue weighted by Gasteiger charge is -2.42. The van der Waals surface area contributed by atoms with E-state index < -0.39 is 0 Å². The molecule has 11 rings (SSSR count). The van der Waals surface area contributed by atoms with Crippen molar-refractivity contribution < 1.29 is 10.2 Å². The van der Waals surface area contributed by atoms with Crippen LogP contribution in [0.5, 0.6) is 11.5 Å². The van der Waals surface area contributed by atoms with Crippen molar-refractivity contribution >= 4 is 44.6 Å². The molecule has 9 aromatic rings. The molecule has 0 radical (unpaired) electrons. The van der Waals surface area contributed by atoms with E-state index in [-0.39, 0.29) is 45.8 Å². The van der Waals surface area contributed by atoms with Crippen LogP contribution in [0.3, 0.4) is 0 Å². The summed E-state index contributed by atoms with van der Waals surface area (Å²) in [4.78, 5) is 9.64. The van der Waals surface area contributed by atoms with Gasteiger partial charge in [-0.1, -0.05) is 166 Å². The highest BCUT2D eigenvalue weighted by Gasteiger charge is 2.38. The number of nitrogens with zero attached hydrogens (tertiary/aromatic N) is 4. The molecule has 69 heavy (non-hydrogen) atoms. The van der Waals surface area contributed by atoms with Gasteiger partial charge in [0.2, 0.25) is 0 Å². The zero-order valence-corrected chi connectivity index (χ0v) is 41.7. The van der Waals surface area contributed by atoms with Crippen LogP contribution in [0.25, 0.3) is 49.9 Å². The van der Waals surface area contributed by atoms with Gasteiger partial charge in [0, 0.05) is 45.9 Å². The molecular weight excluding hydrogens is 841 g/mol. The quantitative estimate of drug-likeness (QED) is 0.160. The average molecular weight is 909 g/mol.